The third kappa shape index (κ3) is 3.23. The minimum absolute atomic E-state index is 0.0631. The number of aryl methyl sites for hydroxylation is 1. The van der Waals surface area contributed by atoms with E-state index in [0.717, 1.165) is 11.3 Å². The van der Waals surface area contributed by atoms with E-state index < -0.39 is 4.92 Å². The van der Waals surface area contributed by atoms with Crippen LogP contribution in [0.5, 0.6) is 5.75 Å². The molecule has 6 nitrogen and oxygen atoms in total. The minimum atomic E-state index is -0.409. The van der Waals surface area contributed by atoms with Crippen molar-refractivity contribution in [3.05, 3.63) is 57.8 Å². The lowest BCUT2D eigenvalue weighted by Crippen LogP contribution is -2.03. The number of aromatic nitrogens is 1. The highest BCUT2D eigenvalue weighted by Gasteiger charge is 2.11. The van der Waals surface area contributed by atoms with Gasteiger partial charge in [0.25, 0.3) is 5.69 Å². The van der Waals surface area contributed by atoms with Crippen LogP contribution in [0.15, 0.2) is 36.5 Å². The standard InChI is InChI=1S/C14H15N3O3/c1-10-8-15-14(7-13(10)17(18)19)16-9-11-4-3-5-12(6-11)20-2/h3-8H,9H2,1-2H3,(H,15,16). The number of methoxy groups -OCH3 is 1. The minimum Gasteiger partial charge on any atom is -0.497 e. The van der Waals surface area contributed by atoms with Gasteiger partial charge in [-0.05, 0) is 24.6 Å². The molecule has 0 amide bonds. The highest BCUT2D eigenvalue weighted by atomic mass is 16.6. The number of benzene rings is 1. The van der Waals surface area contributed by atoms with Crippen LogP contribution in [0.25, 0.3) is 0 Å². The molecule has 20 heavy (non-hydrogen) atoms. The van der Waals surface area contributed by atoms with E-state index in [4.69, 9.17) is 4.74 Å². The van der Waals surface area contributed by atoms with E-state index in [-0.39, 0.29) is 5.69 Å². The van der Waals surface area contributed by atoms with Crippen LogP contribution >= 0.6 is 0 Å². The predicted octanol–water partition coefficient (Wildman–Crippen LogP) is 2.92. The molecule has 0 aliphatic rings. The lowest BCUT2D eigenvalue weighted by Gasteiger charge is -2.07. The first-order valence-corrected chi connectivity index (χ1v) is 6.08. The van der Waals surface area contributed by atoms with Crippen LogP contribution in [0.4, 0.5) is 11.5 Å². The van der Waals surface area contributed by atoms with Gasteiger partial charge in [0.2, 0.25) is 0 Å². The molecule has 0 aliphatic heterocycles. The molecule has 104 valence electrons. The van der Waals surface area contributed by atoms with Gasteiger partial charge in [0.15, 0.2) is 0 Å². The zero-order valence-electron chi connectivity index (χ0n) is 11.3. The zero-order valence-corrected chi connectivity index (χ0v) is 11.3. The number of pyridine rings is 1. The van der Waals surface area contributed by atoms with Crippen molar-refractivity contribution in [2.24, 2.45) is 0 Å². The molecule has 1 aromatic carbocycles. The quantitative estimate of drug-likeness (QED) is 0.669. The molecule has 0 fully saturated rings. The molecule has 2 aromatic rings. The second kappa shape index (κ2) is 6.01. The van der Waals surface area contributed by atoms with Gasteiger partial charge in [-0.15, -0.1) is 0 Å². The fourth-order valence-electron chi connectivity index (χ4n) is 1.78. The monoisotopic (exact) mass is 273 g/mol. The fourth-order valence-corrected chi connectivity index (χ4v) is 1.78. The predicted molar refractivity (Wildman–Crippen MR) is 75.9 cm³/mol. The second-order valence-corrected chi connectivity index (χ2v) is 4.32. The van der Waals surface area contributed by atoms with Gasteiger partial charge >= 0.3 is 0 Å². The zero-order chi connectivity index (χ0) is 14.5. The van der Waals surface area contributed by atoms with E-state index in [9.17, 15) is 10.1 Å². The lowest BCUT2D eigenvalue weighted by atomic mass is 10.2. The topological polar surface area (TPSA) is 77.3 Å². The number of anilines is 1. The summed E-state index contributed by atoms with van der Waals surface area (Å²) in [7, 11) is 1.61. The van der Waals surface area contributed by atoms with Crippen molar-refractivity contribution in [2.45, 2.75) is 13.5 Å². The summed E-state index contributed by atoms with van der Waals surface area (Å²) in [4.78, 5) is 14.6. The molecule has 2 rings (SSSR count). The van der Waals surface area contributed by atoms with Crippen LogP contribution in [0.2, 0.25) is 0 Å². The molecule has 0 radical (unpaired) electrons. The molecular weight excluding hydrogens is 258 g/mol. The average Bonchev–Trinajstić information content (AvgIpc) is 2.46. The number of nitrogens with zero attached hydrogens (tertiary/aromatic N) is 2. The van der Waals surface area contributed by atoms with Crippen molar-refractivity contribution < 1.29 is 9.66 Å². The molecule has 0 aliphatic carbocycles. The molecule has 0 bridgehead atoms. The van der Waals surface area contributed by atoms with E-state index in [1.165, 1.54) is 12.3 Å². The van der Waals surface area contributed by atoms with Gasteiger partial charge in [0.1, 0.15) is 11.6 Å². The number of nitro groups is 1. The number of ether oxygens (including phenoxy) is 1. The largest absolute Gasteiger partial charge is 0.497 e. The summed E-state index contributed by atoms with van der Waals surface area (Å²) < 4.78 is 5.14. The van der Waals surface area contributed by atoms with Gasteiger partial charge in [-0.2, -0.15) is 0 Å². The maximum atomic E-state index is 10.9. The Hall–Kier alpha value is -2.63. The van der Waals surface area contributed by atoms with E-state index >= 15 is 0 Å². The Bertz CT molecular complexity index is 629. The smallest absolute Gasteiger partial charge is 0.277 e. The van der Waals surface area contributed by atoms with Gasteiger partial charge in [0.05, 0.1) is 18.1 Å². The van der Waals surface area contributed by atoms with Gasteiger partial charge in [0, 0.05) is 18.3 Å². The summed E-state index contributed by atoms with van der Waals surface area (Å²) in [5.41, 5.74) is 1.62. The molecule has 1 heterocycles. The third-order valence-electron chi connectivity index (χ3n) is 2.88. The highest BCUT2D eigenvalue weighted by molar-refractivity contribution is 5.49. The Kier molecular flexibility index (Phi) is 4.14. The average molecular weight is 273 g/mol. The molecule has 0 saturated heterocycles. The van der Waals surface area contributed by atoms with Gasteiger partial charge in [-0.1, -0.05) is 12.1 Å². The summed E-state index contributed by atoms with van der Waals surface area (Å²) >= 11 is 0. The van der Waals surface area contributed by atoms with Crippen LogP contribution < -0.4 is 10.1 Å². The maximum Gasteiger partial charge on any atom is 0.277 e. The summed E-state index contributed by atoms with van der Waals surface area (Å²) in [6.07, 6.45) is 1.49. The SMILES string of the molecule is COc1cccc(CNc2cc([N+](=O)[O-])c(C)cn2)c1. The summed E-state index contributed by atoms with van der Waals surface area (Å²) in [6.45, 7) is 2.18. The molecule has 1 aromatic heterocycles. The van der Waals surface area contributed by atoms with Gasteiger partial charge < -0.3 is 10.1 Å². The molecule has 1 N–H and O–H groups in total. The van der Waals surface area contributed by atoms with Gasteiger partial charge in [-0.3, -0.25) is 10.1 Å². The van der Waals surface area contributed by atoms with Crippen LogP contribution in [-0.4, -0.2) is 17.0 Å². The van der Waals surface area contributed by atoms with Crippen molar-refractivity contribution in [1.29, 1.82) is 0 Å². The Balaban J connectivity index is 2.10. The summed E-state index contributed by atoms with van der Waals surface area (Å²) in [5, 5.41) is 13.9. The molecular formula is C14H15N3O3. The highest BCUT2D eigenvalue weighted by Crippen LogP contribution is 2.20. The van der Waals surface area contributed by atoms with Crippen molar-refractivity contribution >= 4 is 11.5 Å². The van der Waals surface area contributed by atoms with Gasteiger partial charge in [-0.25, -0.2) is 4.98 Å². The Labute approximate surface area is 116 Å². The first-order chi connectivity index (χ1) is 9.60. The van der Waals surface area contributed by atoms with E-state index in [0.29, 0.717) is 17.9 Å². The van der Waals surface area contributed by atoms with Crippen molar-refractivity contribution in [3.63, 3.8) is 0 Å². The van der Waals surface area contributed by atoms with Crippen molar-refractivity contribution in [1.82, 2.24) is 4.98 Å². The second-order valence-electron chi connectivity index (χ2n) is 4.32. The van der Waals surface area contributed by atoms with Crippen LogP contribution in [0.1, 0.15) is 11.1 Å². The third-order valence-corrected chi connectivity index (χ3v) is 2.88. The van der Waals surface area contributed by atoms with Crippen molar-refractivity contribution in [2.75, 3.05) is 12.4 Å². The lowest BCUT2D eigenvalue weighted by molar-refractivity contribution is -0.385. The fraction of sp³-hybridized carbons (Fsp3) is 0.214. The molecule has 0 atom stereocenters. The van der Waals surface area contributed by atoms with Crippen LogP contribution in [-0.2, 0) is 6.54 Å². The molecule has 0 saturated carbocycles. The molecule has 6 heteroatoms. The Morgan fingerprint density at radius 2 is 2.20 bits per heavy atom. The molecule has 0 unspecified atom stereocenters. The number of hydrogen-bond acceptors (Lipinski definition) is 5. The number of hydrogen-bond donors (Lipinski definition) is 1. The number of nitrogens with one attached hydrogen (secondary N) is 1. The normalized spacial score (nSPS) is 10.1. The maximum absolute atomic E-state index is 10.9. The van der Waals surface area contributed by atoms with E-state index in [1.54, 1.807) is 14.0 Å². The van der Waals surface area contributed by atoms with Crippen molar-refractivity contribution in [3.8, 4) is 5.75 Å². The summed E-state index contributed by atoms with van der Waals surface area (Å²) in [5.74, 6) is 1.25. The summed E-state index contributed by atoms with van der Waals surface area (Å²) in [6, 6.07) is 9.03. The Morgan fingerprint density at radius 1 is 1.40 bits per heavy atom. The first-order valence-electron chi connectivity index (χ1n) is 6.08. The first kappa shape index (κ1) is 13.8. The van der Waals surface area contributed by atoms with Crippen LogP contribution in [0.3, 0.4) is 0 Å². The van der Waals surface area contributed by atoms with E-state index in [2.05, 4.69) is 10.3 Å². The Morgan fingerprint density at radius 3 is 2.90 bits per heavy atom. The molecule has 0 spiro atoms. The van der Waals surface area contributed by atoms with Crippen LogP contribution in [0, 0.1) is 17.0 Å². The number of rotatable bonds is 5. The van der Waals surface area contributed by atoms with E-state index in [1.807, 2.05) is 24.3 Å².